The first kappa shape index (κ1) is 21.6. The molecule has 0 saturated carbocycles. The highest BCUT2D eigenvalue weighted by Gasteiger charge is 2.21. The summed E-state index contributed by atoms with van der Waals surface area (Å²) < 4.78 is 0. The molecular formula is C24H33N5O2. The summed E-state index contributed by atoms with van der Waals surface area (Å²) in [6.45, 7) is 9.29. The zero-order valence-electron chi connectivity index (χ0n) is 18.4. The Morgan fingerprint density at radius 2 is 1.55 bits per heavy atom. The number of hydrogen-bond acceptors (Lipinski definition) is 6. The van der Waals surface area contributed by atoms with Crippen molar-refractivity contribution in [2.75, 3.05) is 75.8 Å². The van der Waals surface area contributed by atoms with Crippen molar-refractivity contribution in [3.05, 3.63) is 64.2 Å². The Bertz CT molecular complexity index is 860. The second kappa shape index (κ2) is 10.1. The maximum atomic E-state index is 11.4. The fourth-order valence-electron chi connectivity index (χ4n) is 4.60. The van der Waals surface area contributed by atoms with Crippen LogP contribution in [0.5, 0.6) is 0 Å². The van der Waals surface area contributed by atoms with Crippen LogP contribution in [0.15, 0.2) is 48.5 Å². The molecule has 7 nitrogen and oxygen atoms in total. The molecule has 166 valence electrons. The molecule has 0 radical (unpaired) electrons. The molecule has 2 heterocycles. The zero-order valence-corrected chi connectivity index (χ0v) is 18.4. The van der Waals surface area contributed by atoms with Gasteiger partial charge in [0, 0.05) is 75.9 Å². The van der Waals surface area contributed by atoms with Crippen molar-refractivity contribution in [1.29, 1.82) is 0 Å². The van der Waals surface area contributed by atoms with Crippen molar-refractivity contribution < 1.29 is 4.92 Å². The van der Waals surface area contributed by atoms with Crippen LogP contribution >= 0.6 is 0 Å². The second-order valence-corrected chi connectivity index (χ2v) is 8.63. The Morgan fingerprint density at radius 1 is 0.871 bits per heavy atom. The average Bonchev–Trinajstić information content (AvgIpc) is 2.81. The van der Waals surface area contributed by atoms with Gasteiger partial charge < -0.3 is 19.6 Å². The summed E-state index contributed by atoms with van der Waals surface area (Å²) in [5.41, 5.74) is 3.73. The molecule has 0 N–H and O–H groups in total. The summed E-state index contributed by atoms with van der Waals surface area (Å²) in [5, 5.41) is 11.4. The maximum absolute atomic E-state index is 11.4. The molecule has 4 rings (SSSR count). The minimum absolute atomic E-state index is 0.196. The lowest BCUT2D eigenvalue weighted by molar-refractivity contribution is -0.384. The Morgan fingerprint density at radius 3 is 2.23 bits per heavy atom. The summed E-state index contributed by atoms with van der Waals surface area (Å²) in [6.07, 6.45) is 1.91. The molecule has 2 aromatic carbocycles. The summed E-state index contributed by atoms with van der Waals surface area (Å²) in [7, 11) is 2.17. The molecule has 2 aliphatic rings. The number of aryl methyl sites for hydroxylation is 1. The van der Waals surface area contributed by atoms with Gasteiger partial charge in [0.2, 0.25) is 0 Å². The predicted octanol–water partition coefficient (Wildman–Crippen LogP) is 3.10. The largest absolute Gasteiger partial charge is 0.368 e. The van der Waals surface area contributed by atoms with E-state index in [2.05, 4.69) is 50.9 Å². The van der Waals surface area contributed by atoms with E-state index in [1.54, 1.807) is 12.1 Å². The number of nitro benzene ring substituents is 1. The fraction of sp³-hybridized carbons (Fsp3) is 0.500. The van der Waals surface area contributed by atoms with Gasteiger partial charge >= 0.3 is 0 Å². The number of nitrogens with zero attached hydrogens (tertiary/aromatic N) is 5. The van der Waals surface area contributed by atoms with E-state index in [1.165, 1.54) is 5.69 Å². The lowest BCUT2D eigenvalue weighted by atomic mass is 10.0. The highest BCUT2D eigenvalue weighted by Crippen LogP contribution is 2.28. The number of para-hydroxylation sites is 1. The van der Waals surface area contributed by atoms with Crippen molar-refractivity contribution in [3.63, 3.8) is 0 Å². The van der Waals surface area contributed by atoms with E-state index in [-0.39, 0.29) is 10.6 Å². The number of benzene rings is 2. The highest BCUT2D eigenvalue weighted by molar-refractivity contribution is 5.59. The van der Waals surface area contributed by atoms with Crippen LogP contribution in [0.25, 0.3) is 0 Å². The lowest BCUT2D eigenvalue weighted by Gasteiger charge is -2.38. The quantitative estimate of drug-likeness (QED) is 0.504. The smallest absolute Gasteiger partial charge is 0.269 e. The predicted molar refractivity (Wildman–Crippen MR) is 126 cm³/mol. The number of rotatable bonds is 7. The van der Waals surface area contributed by atoms with Crippen molar-refractivity contribution in [2.24, 2.45) is 0 Å². The summed E-state index contributed by atoms with van der Waals surface area (Å²) in [6, 6.07) is 15.9. The summed E-state index contributed by atoms with van der Waals surface area (Å²) in [4.78, 5) is 20.8. The minimum Gasteiger partial charge on any atom is -0.368 e. The van der Waals surface area contributed by atoms with Crippen LogP contribution in [-0.2, 0) is 6.42 Å². The molecule has 0 atom stereocenters. The average molecular weight is 424 g/mol. The fourth-order valence-corrected chi connectivity index (χ4v) is 4.60. The number of hydrogen-bond donors (Lipinski definition) is 0. The Labute approximate surface area is 185 Å². The van der Waals surface area contributed by atoms with Gasteiger partial charge in [-0.2, -0.15) is 0 Å². The number of non-ortho nitro benzene ring substituents is 1. The third-order valence-electron chi connectivity index (χ3n) is 6.53. The van der Waals surface area contributed by atoms with Crippen LogP contribution in [0.4, 0.5) is 17.1 Å². The molecular weight excluding hydrogens is 390 g/mol. The molecule has 31 heavy (non-hydrogen) atoms. The van der Waals surface area contributed by atoms with E-state index < -0.39 is 0 Å². The summed E-state index contributed by atoms with van der Waals surface area (Å²) >= 11 is 0. The third-order valence-corrected chi connectivity index (χ3v) is 6.53. The number of piperazine rings is 2. The Balaban J connectivity index is 1.40. The van der Waals surface area contributed by atoms with Gasteiger partial charge in [0.15, 0.2) is 0 Å². The molecule has 0 spiro atoms. The van der Waals surface area contributed by atoms with Crippen LogP contribution in [-0.4, -0.2) is 80.7 Å². The van der Waals surface area contributed by atoms with Gasteiger partial charge in [-0.15, -0.1) is 0 Å². The monoisotopic (exact) mass is 423 g/mol. The van der Waals surface area contributed by atoms with Gasteiger partial charge in [-0.3, -0.25) is 10.1 Å². The Hall–Kier alpha value is -2.64. The SMILES string of the molecule is CN1CCN(CCCc2cc([N+](=O)[O-])ccc2N2CCN(c3ccccc3)CC2)CC1. The molecule has 2 fully saturated rings. The van der Waals surface area contributed by atoms with E-state index >= 15 is 0 Å². The van der Waals surface area contributed by atoms with E-state index in [4.69, 9.17) is 0 Å². The number of nitro groups is 1. The molecule has 0 aliphatic carbocycles. The molecule has 0 unspecified atom stereocenters. The highest BCUT2D eigenvalue weighted by atomic mass is 16.6. The first-order chi connectivity index (χ1) is 15.1. The minimum atomic E-state index is -0.277. The van der Waals surface area contributed by atoms with Crippen molar-refractivity contribution in [3.8, 4) is 0 Å². The normalized spacial score (nSPS) is 18.4. The molecule has 0 bridgehead atoms. The van der Waals surface area contributed by atoms with Gasteiger partial charge in [-0.1, -0.05) is 18.2 Å². The van der Waals surface area contributed by atoms with E-state index in [1.807, 2.05) is 12.1 Å². The van der Waals surface area contributed by atoms with Crippen molar-refractivity contribution in [1.82, 2.24) is 9.80 Å². The number of anilines is 2. The summed E-state index contributed by atoms with van der Waals surface area (Å²) in [5.74, 6) is 0. The van der Waals surface area contributed by atoms with Crippen LogP contribution < -0.4 is 9.80 Å². The third kappa shape index (κ3) is 5.54. The molecule has 2 aliphatic heterocycles. The standard InChI is InChI=1S/C24H33N5O2/c1-25-12-14-26(15-13-25)11-5-6-21-20-23(29(30)31)9-10-24(21)28-18-16-27(17-19-28)22-7-3-2-4-8-22/h2-4,7-10,20H,5-6,11-19H2,1H3. The first-order valence-electron chi connectivity index (χ1n) is 11.3. The molecule has 7 heteroatoms. The van der Waals surface area contributed by atoms with Crippen LogP contribution in [0.1, 0.15) is 12.0 Å². The van der Waals surface area contributed by atoms with E-state index in [0.29, 0.717) is 0 Å². The maximum Gasteiger partial charge on any atom is 0.269 e. The second-order valence-electron chi connectivity index (χ2n) is 8.63. The zero-order chi connectivity index (χ0) is 21.6. The molecule has 2 saturated heterocycles. The van der Waals surface area contributed by atoms with Crippen LogP contribution in [0.2, 0.25) is 0 Å². The molecule has 0 aromatic heterocycles. The van der Waals surface area contributed by atoms with Gasteiger partial charge in [0.25, 0.3) is 5.69 Å². The Kier molecular flexibility index (Phi) is 7.04. The number of likely N-dealkylation sites (N-methyl/N-ethyl adjacent to an activating group) is 1. The van der Waals surface area contributed by atoms with Crippen LogP contribution in [0, 0.1) is 10.1 Å². The van der Waals surface area contributed by atoms with Gasteiger partial charge in [0.1, 0.15) is 0 Å². The lowest BCUT2D eigenvalue weighted by Crippen LogP contribution is -2.46. The molecule has 0 amide bonds. The van der Waals surface area contributed by atoms with E-state index in [0.717, 1.165) is 83.0 Å². The topological polar surface area (TPSA) is 56.1 Å². The van der Waals surface area contributed by atoms with Crippen LogP contribution in [0.3, 0.4) is 0 Å². The van der Waals surface area contributed by atoms with Crippen molar-refractivity contribution >= 4 is 17.1 Å². The van der Waals surface area contributed by atoms with Gasteiger partial charge in [0.05, 0.1) is 4.92 Å². The van der Waals surface area contributed by atoms with Gasteiger partial charge in [-0.05, 0) is 50.2 Å². The van der Waals surface area contributed by atoms with Crippen molar-refractivity contribution in [2.45, 2.75) is 12.8 Å². The first-order valence-corrected chi connectivity index (χ1v) is 11.3. The van der Waals surface area contributed by atoms with Gasteiger partial charge in [-0.25, -0.2) is 0 Å². The van der Waals surface area contributed by atoms with E-state index in [9.17, 15) is 10.1 Å². The molecule has 2 aromatic rings.